The Labute approximate surface area is 83.9 Å². The maximum atomic E-state index is 9.87. The number of nitrogens with one attached hydrogen (secondary N) is 1. The first kappa shape index (κ1) is 9.68. The van der Waals surface area contributed by atoms with E-state index in [1.54, 1.807) is 6.20 Å². The number of aliphatic hydroxyl groups is 1. The summed E-state index contributed by atoms with van der Waals surface area (Å²) in [5, 5.41) is 17.3. The van der Waals surface area contributed by atoms with Gasteiger partial charge < -0.3 is 10.4 Å². The molecule has 0 saturated heterocycles. The van der Waals surface area contributed by atoms with Crippen molar-refractivity contribution in [1.29, 1.82) is 0 Å². The molecular weight excluding hydrogens is 178 g/mol. The first-order chi connectivity index (χ1) is 6.81. The molecule has 2 rings (SSSR count). The molecule has 1 fully saturated rings. The summed E-state index contributed by atoms with van der Waals surface area (Å²) in [5.41, 5.74) is 0.903. The van der Waals surface area contributed by atoms with Crippen LogP contribution in [0.4, 0.5) is 0 Å². The second-order valence-corrected chi connectivity index (χ2v) is 3.77. The molecule has 78 valence electrons. The highest BCUT2D eigenvalue weighted by Gasteiger charge is 2.22. The largest absolute Gasteiger partial charge is 0.385 e. The number of rotatable bonds is 5. The fourth-order valence-corrected chi connectivity index (χ4v) is 1.56. The summed E-state index contributed by atoms with van der Waals surface area (Å²) in [6.45, 7) is 3.47. The Morgan fingerprint density at radius 1 is 1.71 bits per heavy atom. The van der Waals surface area contributed by atoms with Crippen molar-refractivity contribution in [2.75, 3.05) is 6.54 Å². The fourth-order valence-electron chi connectivity index (χ4n) is 1.56. The summed E-state index contributed by atoms with van der Waals surface area (Å²) in [4.78, 5) is 0. The number of hydrogen-bond acceptors (Lipinski definition) is 3. The van der Waals surface area contributed by atoms with Gasteiger partial charge in [0.25, 0.3) is 0 Å². The molecule has 0 amide bonds. The number of hydrogen-bond donors (Lipinski definition) is 2. The molecule has 0 bridgehead atoms. The zero-order valence-corrected chi connectivity index (χ0v) is 8.48. The third-order valence-electron chi connectivity index (χ3n) is 2.57. The standard InChI is InChI=1S/C10H17N3O/c1-2-13-9(5-6-12-13)10(14)7-11-8-3-4-8/h5-6,8,10-11,14H,2-4,7H2,1H3. The van der Waals surface area contributed by atoms with Crippen LogP contribution < -0.4 is 5.32 Å². The average Bonchev–Trinajstić information content (AvgIpc) is 2.90. The van der Waals surface area contributed by atoms with Crippen molar-refractivity contribution in [3.05, 3.63) is 18.0 Å². The highest BCUT2D eigenvalue weighted by Crippen LogP contribution is 2.20. The fraction of sp³-hybridized carbons (Fsp3) is 0.700. The van der Waals surface area contributed by atoms with Gasteiger partial charge in [0.2, 0.25) is 0 Å². The predicted octanol–water partition coefficient (Wildman–Crippen LogP) is 0.688. The summed E-state index contributed by atoms with van der Waals surface area (Å²) in [5.74, 6) is 0. The Morgan fingerprint density at radius 3 is 3.14 bits per heavy atom. The summed E-state index contributed by atoms with van der Waals surface area (Å²) in [6.07, 6.45) is 3.80. The number of nitrogens with zero attached hydrogens (tertiary/aromatic N) is 2. The van der Waals surface area contributed by atoms with Gasteiger partial charge in [-0.3, -0.25) is 4.68 Å². The van der Waals surface area contributed by atoms with Crippen molar-refractivity contribution >= 4 is 0 Å². The van der Waals surface area contributed by atoms with Crippen LogP contribution in [0.1, 0.15) is 31.6 Å². The molecule has 0 aromatic carbocycles. The molecule has 2 N–H and O–H groups in total. The molecule has 4 heteroatoms. The minimum absolute atomic E-state index is 0.432. The molecule has 1 heterocycles. The molecule has 1 aromatic rings. The lowest BCUT2D eigenvalue weighted by Gasteiger charge is -2.12. The van der Waals surface area contributed by atoms with Gasteiger partial charge in [0.05, 0.1) is 5.69 Å². The van der Waals surface area contributed by atoms with Crippen molar-refractivity contribution in [2.24, 2.45) is 0 Å². The van der Waals surface area contributed by atoms with E-state index >= 15 is 0 Å². The molecule has 1 unspecified atom stereocenters. The van der Waals surface area contributed by atoms with Crippen LogP contribution in [0.25, 0.3) is 0 Å². The molecule has 14 heavy (non-hydrogen) atoms. The molecule has 4 nitrogen and oxygen atoms in total. The topological polar surface area (TPSA) is 50.1 Å². The lowest BCUT2D eigenvalue weighted by atomic mass is 10.2. The van der Waals surface area contributed by atoms with E-state index in [0.29, 0.717) is 12.6 Å². The average molecular weight is 195 g/mol. The monoisotopic (exact) mass is 195 g/mol. The Bertz CT molecular complexity index is 293. The minimum Gasteiger partial charge on any atom is -0.385 e. The van der Waals surface area contributed by atoms with Crippen LogP contribution in [0.15, 0.2) is 12.3 Å². The molecule has 1 aromatic heterocycles. The SMILES string of the molecule is CCn1nccc1C(O)CNC1CC1. The van der Waals surface area contributed by atoms with Crippen molar-refractivity contribution in [1.82, 2.24) is 15.1 Å². The van der Waals surface area contributed by atoms with Gasteiger partial charge in [0, 0.05) is 25.3 Å². The van der Waals surface area contributed by atoms with Crippen molar-refractivity contribution in [3.8, 4) is 0 Å². The second-order valence-electron chi connectivity index (χ2n) is 3.77. The number of aliphatic hydroxyl groups excluding tert-OH is 1. The molecule has 0 radical (unpaired) electrons. The molecule has 0 aliphatic heterocycles. The Morgan fingerprint density at radius 2 is 2.50 bits per heavy atom. The van der Waals surface area contributed by atoms with Gasteiger partial charge in [0.15, 0.2) is 0 Å². The van der Waals surface area contributed by atoms with Crippen LogP contribution in [0.3, 0.4) is 0 Å². The molecule has 0 spiro atoms. The summed E-state index contributed by atoms with van der Waals surface area (Å²) < 4.78 is 1.83. The van der Waals surface area contributed by atoms with Crippen molar-refractivity contribution in [3.63, 3.8) is 0 Å². The van der Waals surface area contributed by atoms with E-state index < -0.39 is 6.10 Å². The highest BCUT2D eigenvalue weighted by molar-refractivity contribution is 5.05. The van der Waals surface area contributed by atoms with Gasteiger partial charge in [-0.2, -0.15) is 5.10 Å². The van der Waals surface area contributed by atoms with E-state index in [1.807, 2.05) is 17.7 Å². The normalized spacial score (nSPS) is 18.4. The second kappa shape index (κ2) is 4.11. The molecular formula is C10H17N3O. The van der Waals surface area contributed by atoms with Crippen LogP contribution >= 0.6 is 0 Å². The quantitative estimate of drug-likeness (QED) is 0.726. The zero-order chi connectivity index (χ0) is 9.97. The van der Waals surface area contributed by atoms with E-state index in [-0.39, 0.29) is 0 Å². The van der Waals surface area contributed by atoms with Crippen molar-refractivity contribution in [2.45, 2.75) is 38.5 Å². The van der Waals surface area contributed by atoms with Gasteiger partial charge >= 0.3 is 0 Å². The minimum atomic E-state index is -0.432. The van der Waals surface area contributed by atoms with E-state index in [0.717, 1.165) is 12.2 Å². The van der Waals surface area contributed by atoms with E-state index in [9.17, 15) is 5.11 Å². The Hall–Kier alpha value is -0.870. The van der Waals surface area contributed by atoms with Crippen molar-refractivity contribution < 1.29 is 5.11 Å². The number of aryl methyl sites for hydroxylation is 1. The third-order valence-corrected chi connectivity index (χ3v) is 2.57. The first-order valence-electron chi connectivity index (χ1n) is 5.24. The number of aromatic nitrogens is 2. The summed E-state index contributed by atoms with van der Waals surface area (Å²) in [6, 6.07) is 2.52. The van der Waals surface area contributed by atoms with E-state index in [4.69, 9.17) is 0 Å². The predicted molar refractivity (Wildman–Crippen MR) is 53.9 cm³/mol. The van der Waals surface area contributed by atoms with Gasteiger partial charge in [-0.1, -0.05) is 0 Å². The lowest BCUT2D eigenvalue weighted by Crippen LogP contribution is -2.24. The van der Waals surface area contributed by atoms with Crippen LogP contribution in [-0.4, -0.2) is 27.5 Å². The molecule has 1 aliphatic rings. The maximum absolute atomic E-state index is 9.87. The maximum Gasteiger partial charge on any atom is 0.108 e. The Kier molecular flexibility index (Phi) is 2.84. The molecule has 1 saturated carbocycles. The first-order valence-corrected chi connectivity index (χ1v) is 5.24. The van der Waals surface area contributed by atoms with Crippen LogP contribution in [0.5, 0.6) is 0 Å². The Balaban J connectivity index is 1.91. The summed E-state index contributed by atoms with van der Waals surface area (Å²) in [7, 11) is 0. The molecule has 1 atom stereocenters. The van der Waals surface area contributed by atoms with Gasteiger partial charge in [-0.05, 0) is 25.8 Å². The smallest absolute Gasteiger partial charge is 0.108 e. The van der Waals surface area contributed by atoms with Crippen LogP contribution in [-0.2, 0) is 6.54 Å². The molecule has 1 aliphatic carbocycles. The third kappa shape index (κ3) is 2.13. The van der Waals surface area contributed by atoms with Gasteiger partial charge in [0.1, 0.15) is 6.10 Å². The van der Waals surface area contributed by atoms with E-state index in [1.165, 1.54) is 12.8 Å². The highest BCUT2D eigenvalue weighted by atomic mass is 16.3. The van der Waals surface area contributed by atoms with Crippen LogP contribution in [0, 0.1) is 0 Å². The van der Waals surface area contributed by atoms with Gasteiger partial charge in [-0.25, -0.2) is 0 Å². The van der Waals surface area contributed by atoms with E-state index in [2.05, 4.69) is 10.4 Å². The summed E-state index contributed by atoms with van der Waals surface area (Å²) >= 11 is 0. The lowest BCUT2D eigenvalue weighted by molar-refractivity contribution is 0.163. The van der Waals surface area contributed by atoms with Gasteiger partial charge in [-0.15, -0.1) is 0 Å². The zero-order valence-electron chi connectivity index (χ0n) is 8.48. The van der Waals surface area contributed by atoms with Crippen LogP contribution in [0.2, 0.25) is 0 Å².